The van der Waals surface area contributed by atoms with Crippen LogP contribution in [0.5, 0.6) is 0 Å². The number of nitrogen functional groups attached to an aromatic ring is 1. The number of carboxylic acids is 1. The van der Waals surface area contributed by atoms with Crippen molar-refractivity contribution in [2.24, 2.45) is 0 Å². The first kappa shape index (κ1) is 13.9. The first-order valence-corrected chi connectivity index (χ1v) is 7.38. The molecule has 10 heteroatoms. The van der Waals surface area contributed by atoms with Gasteiger partial charge < -0.3 is 10.8 Å². The molecule has 112 valence electrons. The molecule has 0 saturated heterocycles. The number of imidazole rings is 1. The molecule has 2 heterocycles. The normalized spacial score (nSPS) is 11.6. The summed E-state index contributed by atoms with van der Waals surface area (Å²) in [5.41, 5.74) is 5.38. The van der Waals surface area contributed by atoms with E-state index in [4.69, 9.17) is 10.8 Å². The topological polar surface area (TPSA) is 141 Å². The molecule has 0 bridgehead atoms. The Balaban J connectivity index is 2.31. The van der Waals surface area contributed by atoms with Gasteiger partial charge in [-0.25, -0.2) is 32.1 Å². The Hall–Kier alpha value is -3.01. The van der Waals surface area contributed by atoms with Gasteiger partial charge in [0.1, 0.15) is 17.6 Å². The lowest BCUT2D eigenvalue weighted by Crippen LogP contribution is -2.16. The van der Waals surface area contributed by atoms with Crippen LogP contribution in [0.4, 0.5) is 5.82 Å². The van der Waals surface area contributed by atoms with Gasteiger partial charge in [-0.1, -0.05) is 12.1 Å². The summed E-state index contributed by atoms with van der Waals surface area (Å²) in [4.78, 5) is 22.3. The fourth-order valence-electron chi connectivity index (χ4n) is 1.98. The summed E-state index contributed by atoms with van der Waals surface area (Å²) < 4.78 is 26.2. The van der Waals surface area contributed by atoms with E-state index in [9.17, 15) is 13.2 Å². The summed E-state index contributed by atoms with van der Waals surface area (Å²) in [5, 5.41) is 9.15. The highest BCUT2D eigenvalue weighted by atomic mass is 32.2. The van der Waals surface area contributed by atoms with E-state index in [1.54, 1.807) is 0 Å². The number of nitrogens with zero attached hydrogens (tertiary/aromatic N) is 4. The smallest absolute Gasteiger partial charge is 0.337 e. The number of hydrogen-bond donors (Lipinski definition) is 2. The minimum absolute atomic E-state index is 0.0207. The Kier molecular flexibility index (Phi) is 3.03. The number of anilines is 1. The average Bonchev–Trinajstić information content (AvgIpc) is 2.93. The van der Waals surface area contributed by atoms with E-state index in [1.165, 1.54) is 24.3 Å². The van der Waals surface area contributed by atoms with Crippen molar-refractivity contribution in [3.63, 3.8) is 0 Å². The second-order valence-corrected chi connectivity index (χ2v) is 6.06. The zero-order chi connectivity index (χ0) is 15.9. The first-order chi connectivity index (χ1) is 10.4. The van der Waals surface area contributed by atoms with E-state index < -0.39 is 16.0 Å². The number of hydrogen-bond acceptors (Lipinski definition) is 7. The van der Waals surface area contributed by atoms with Crippen LogP contribution in [0.1, 0.15) is 10.4 Å². The van der Waals surface area contributed by atoms with Crippen molar-refractivity contribution in [2.45, 2.75) is 4.90 Å². The Morgan fingerprint density at radius 2 is 1.91 bits per heavy atom. The van der Waals surface area contributed by atoms with Crippen LogP contribution >= 0.6 is 0 Å². The predicted molar refractivity (Wildman–Crippen MR) is 75.7 cm³/mol. The van der Waals surface area contributed by atoms with Gasteiger partial charge in [-0.15, -0.1) is 0 Å². The van der Waals surface area contributed by atoms with E-state index in [-0.39, 0.29) is 27.4 Å². The molecule has 3 rings (SSSR count). The molecule has 0 amide bonds. The SMILES string of the molecule is Nc1ncnc2c1ncn2S(=O)(=O)c1ccccc1C(=O)O. The van der Waals surface area contributed by atoms with Crippen LogP contribution in [0.25, 0.3) is 11.2 Å². The van der Waals surface area contributed by atoms with Crippen molar-refractivity contribution >= 4 is 33.0 Å². The number of rotatable bonds is 3. The van der Waals surface area contributed by atoms with Crippen molar-refractivity contribution in [2.75, 3.05) is 5.73 Å². The van der Waals surface area contributed by atoms with Gasteiger partial charge in [0.05, 0.1) is 5.56 Å². The van der Waals surface area contributed by atoms with Gasteiger partial charge in [-0.3, -0.25) is 0 Å². The van der Waals surface area contributed by atoms with Crippen molar-refractivity contribution < 1.29 is 18.3 Å². The van der Waals surface area contributed by atoms with E-state index in [1.807, 2.05) is 0 Å². The molecule has 0 aliphatic carbocycles. The molecule has 1 aromatic carbocycles. The predicted octanol–water partition coefficient (Wildman–Crippen LogP) is 0.344. The summed E-state index contributed by atoms with van der Waals surface area (Å²) in [6.45, 7) is 0. The maximum absolute atomic E-state index is 12.7. The van der Waals surface area contributed by atoms with Gasteiger partial charge in [0, 0.05) is 0 Å². The van der Waals surface area contributed by atoms with Crippen molar-refractivity contribution in [3.8, 4) is 0 Å². The second-order valence-electron chi connectivity index (χ2n) is 4.28. The minimum atomic E-state index is -4.19. The molecule has 0 spiro atoms. The summed E-state index contributed by atoms with van der Waals surface area (Å²) in [7, 11) is -4.19. The largest absolute Gasteiger partial charge is 0.478 e. The monoisotopic (exact) mass is 319 g/mol. The molecule has 0 aliphatic heterocycles. The molecular formula is C12H9N5O4S. The molecule has 3 N–H and O–H groups in total. The standard InChI is InChI=1S/C12H9N5O4S/c13-10-9-11(15-5-14-10)17(6-16-9)22(20,21)8-4-2-1-3-7(8)12(18)19/h1-6H,(H,18,19)(H2,13,14,15). The maximum atomic E-state index is 12.7. The molecule has 3 aromatic rings. The lowest BCUT2D eigenvalue weighted by Gasteiger charge is -2.08. The summed E-state index contributed by atoms with van der Waals surface area (Å²) in [6.07, 6.45) is 2.12. The van der Waals surface area contributed by atoms with Gasteiger partial charge in [-0.2, -0.15) is 0 Å². The zero-order valence-electron chi connectivity index (χ0n) is 10.9. The molecule has 9 nitrogen and oxygen atoms in total. The fourth-order valence-corrected chi connectivity index (χ4v) is 3.41. The van der Waals surface area contributed by atoms with Crippen LogP contribution in [0.15, 0.2) is 41.8 Å². The van der Waals surface area contributed by atoms with E-state index in [0.717, 1.165) is 16.6 Å². The van der Waals surface area contributed by atoms with Gasteiger partial charge in [0.25, 0.3) is 10.0 Å². The second kappa shape index (κ2) is 4.77. The van der Waals surface area contributed by atoms with Crippen molar-refractivity contribution in [1.82, 2.24) is 18.9 Å². The zero-order valence-corrected chi connectivity index (χ0v) is 11.7. The number of carbonyl (C=O) groups is 1. The number of aromatic carboxylic acids is 1. The van der Waals surface area contributed by atoms with E-state index in [2.05, 4.69) is 15.0 Å². The molecule has 0 saturated carbocycles. The highest BCUT2D eigenvalue weighted by Crippen LogP contribution is 2.23. The molecule has 2 aromatic heterocycles. The Labute approximate surface area is 124 Å². The third-order valence-electron chi connectivity index (χ3n) is 2.99. The van der Waals surface area contributed by atoms with Crippen LogP contribution in [0, 0.1) is 0 Å². The van der Waals surface area contributed by atoms with Crippen LogP contribution < -0.4 is 5.73 Å². The third kappa shape index (κ3) is 1.97. The van der Waals surface area contributed by atoms with Gasteiger partial charge in [-0.05, 0) is 12.1 Å². The lowest BCUT2D eigenvalue weighted by atomic mass is 10.2. The van der Waals surface area contributed by atoms with Crippen molar-refractivity contribution in [1.29, 1.82) is 0 Å². The lowest BCUT2D eigenvalue weighted by molar-refractivity contribution is 0.0692. The van der Waals surface area contributed by atoms with Gasteiger partial charge >= 0.3 is 5.97 Å². The van der Waals surface area contributed by atoms with E-state index in [0.29, 0.717) is 0 Å². The molecule has 0 fully saturated rings. The minimum Gasteiger partial charge on any atom is -0.478 e. The fraction of sp³-hybridized carbons (Fsp3) is 0. The van der Waals surface area contributed by atoms with E-state index >= 15 is 0 Å². The summed E-state index contributed by atoms with van der Waals surface area (Å²) >= 11 is 0. The number of nitrogens with two attached hydrogens (primary N) is 1. The van der Waals surface area contributed by atoms with Crippen LogP contribution in [0.2, 0.25) is 0 Å². The van der Waals surface area contributed by atoms with Gasteiger partial charge in [0.2, 0.25) is 0 Å². The van der Waals surface area contributed by atoms with Crippen molar-refractivity contribution in [3.05, 3.63) is 42.5 Å². The number of aromatic nitrogens is 4. The quantitative estimate of drug-likeness (QED) is 0.704. The number of carboxylic acid groups (broad SMARTS) is 1. The van der Waals surface area contributed by atoms with Crippen LogP contribution in [0.3, 0.4) is 0 Å². The highest BCUT2D eigenvalue weighted by Gasteiger charge is 2.26. The Morgan fingerprint density at radius 3 is 2.64 bits per heavy atom. The molecule has 0 atom stereocenters. The van der Waals surface area contributed by atoms with Crippen LogP contribution in [-0.2, 0) is 10.0 Å². The molecule has 22 heavy (non-hydrogen) atoms. The molecule has 0 unspecified atom stereocenters. The Bertz CT molecular complexity index is 996. The molecular weight excluding hydrogens is 310 g/mol. The first-order valence-electron chi connectivity index (χ1n) is 5.94. The number of benzene rings is 1. The Morgan fingerprint density at radius 1 is 1.18 bits per heavy atom. The molecule has 0 aliphatic rings. The third-order valence-corrected chi connectivity index (χ3v) is 4.68. The van der Waals surface area contributed by atoms with Gasteiger partial charge in [0.15, 0.2) is 17.0 Å². The van der Waals surface area contributed by atoms with Crippen LogP contribution in [-0.4, -0.2) is 38.4 Å². The number of fused-ring (bicyclic) bond motifs is 1. The highest BCUT2D eigenvalue weighted by molar-refractivity contribution is 7.90. The summed E-state index contributed by atoms with van der Waals surface area (Å²) in [6, 6.07) is 5.28. The summed E-state index contributed by atoms with van der Waals surface area (Å²) in [5.74, 6) is -1.32. The average molecular weight is 319 g/mol. The molecule has 0 radical (unpaired) electrons. The maximum Gasteiger partial charge on any atom is 0.337 e.